The van der Waals surface area contributed by atoms with Crippen LogP contribution in [-0.2, 0) is 0 Å². The summed E-state index contributed by atoms with van der Waals surface area (Å²) in [6.07, 6.45) is 0. The van der Waals surface area contributed by atoms with E-state index in [1.54, 1.807) is 0 Å². The van der Waals surface area contributed by atoms with Gasteiger partial charge in [-0.25, -0.2) is 0 Å². The second kappa shape index (κ2) is 5.71. The molecule has 3 rings (SSSR count). The van der Waals surface area contributed by atoms with E-state index in [0.717, 1.165) is 15.9 Å². The van der Waals surface area contributed by atoms with Gasteiger partial charge in [-0.15, -0.1) is 0 Å². The largest absolute Gasteiger partial charge is 0.305 e. The second-order valence-corrected chi connectivity index (χ2v) is 7.98. The summed E-state index contributed by atoms with van der Waals surface area (Å²) in [6, 6.07) is 28.8. The van der Waals surface area contributed by atoms with Gasteiger partial charge in [0.1, 0.15) is 0 Å². The van der Waals surface area contributed by atoms with Gasteiger partial charge in [0, 0.05) is 5.30 Å². The van der Waals surface area contributed by atoms with Gasteiger partial charge in [-0.3, -0.25) is 0 Å². The molecule has 0 atom stereocenters. The topological polar surface area (TPSA) is 23.9 Å². The molecule has 0 aromatic heterocycles. The molecule has 0 heterocycles. The lowest BCUT2D eigenvalue weighted by molar-refractivity contribution is 1.50. The summed E-state index contributed by atoms with van der Waals surface area (Å²) in [6.45, 7) is 2.10. The average Bonchev–Trinajstić information content (AvgIpc) is 2.56. The Morgan fingerprint density at radius 1 is 0.619 bits per heavy atom. The zero-order valence-corrected chi connectivity index (χ0v) is 12.9. The van der Waals surface area contributed by atoms with Gasteiger partial charge in [-0.2, -0.15) is 0 Å². The summed E-state index contributed by atoms with van der Waals surface area (Å²) >= 11 is 0. The van der Waals surface area contributed by atoms with E-state index in [9.17, 15) is 5.16 Å². The van der Waals surface area contributed by atoms with Crippen molar-refractivity contribution in [2.24, 2.45) is 0 Å². The quantitative estimate of drug-likeness (QED) is 0.704. The number of hydrogen-bond acceptors (Lipinski definition) is 1. The van der Waals surface area contributed by atoms with Crippen LogP contribution >= 0.6 is 7.05 Å². The molecule has 0 spiro atoms. The maximum atomic E-state index is 9.40. The van der Waals surface area contributed by atoms with Gasteiger partial charge in [-0.1, -0.05) is 84.9 Å². The number of benzene rings is 3. The Balaban J connectivity index is 2.32. The fourth-order valence-electron chi connectivity index (χ4n) is 2.67. The molecule has 1 nitrogen and oxygen atoms in total. The van der Waals surface area contributed by atoms with Crippen LogP contribution in [0, 0.1) is 12.1 Å². The first-order valence-electron chi connectivity index (χ1n) is 7.04. The maximum Gasteiger partial charge on any atom is 0.0514 e. The molecule has 2 heteroatoms. The SMILES string of the molecule is Cc1ccccc1P(=N)(c1ccccc1)c1ccccc1. The molecular weight excluding hydrogens is 273 g/mol. The maximum absolute atomic E-state index is 9.40. The summed E-state index contributed by atoms with van der Waals surface area (Å²) in [7, 11) is -2.31. The molecular formula is C19H18NP. The van der Waals surface area contributed by atoms with Crippen LogP contribution < -0.4 is 15.9 Å². The second-order valence-electron chi connectivity index (χ2n) is 5.13. The van der Waals surface area contributed by atoms with E-state index in [1.165, 1.54) is 5.56 Å². The fraction of sp³-hybridized carbons (Fsp3) is 0.0526. The Labute approximate surface area is 126 Å². The summed E-state index contributed by atoms with van der Waals surface area (Å²) < 4.78 is 0. The molecule has 3 aromatic carbocycles. The lowest BCUT2D eigenvalue weighted by Crippen LogP contribution is -2.26. The molecule has 0 bridgehead atoms. The highest BCUT2D eigenvalue weighted by Gasteiger charge is 2.25. The van der Waals surface area contributed by atoms with Gasteiger partial charge in [-0.05, 0) is 23.1 Å². The molecule has 0 aliphatic rings. The van der Waals surface area contributed by atoms with Crippen LogP contribution in [0.5, 0.6) is 0 Å². The van der Waals surface area contributed by atoms with Gasteiger partial charge in [0.15, 0.2) is 0 Å². The summed E-state index contributed by atoms with van der Waals surface area (Å²) in [5.74, 6) is 0. The fourth-order valence-corrected chi connectivity index (χ4v) is 5.68. The molecule has 0 unspecified atom stereocenters. The Bertz CT molecular complexity index is 735. The van der Waals surface area contributed by atoms with Gasteiger partial charge in [0.2, 0.25) is 0 Å². The molecule has 0 saturated heterocycles. The van der Waals surface area contributed by atoms with E-state index in [0.29, 0.717) is 0 Å². The van der Waals surface area contributed by atoms with Crippen molar-refractivity contribution in [2.75, 3.05) is 0 Å². The molecule has 3 aromatic rings. The van der Waals surface area contributed by atoms with Crippen LogP contribution in [0.1, 0.15) is 5.56 Å². The van der Waals surface area contributed by atoms with Crippen molar-refractivity contribution in [3.63, 3.8) is 0 Å². The van der Waals surface area contributed by atoms with Crippen molar-refractivity contribution < 1.29 is 0 Å². The van der Waals surface area contributed by atoms with Gasteiger partial charge in [0.25, 0.3) is 0 Å². The van der Waals surface area contributed by atoms with E-state index < -0.39 is 7.05 Å². The van der Waals surface area contributed by atoms with Crippen LogP contribution in [-0.4, -0.2) is 0 Å². The molecule has 104 valence electrons. The first kappa shape index (κ1) is 13.9. The number of hydrogen-bond donors (Lipinski definition) is 1. The van der Waals surface area contributed by atoms with Crippen LogP contribution in [0.25, 0.3) is 0 Å². The van der Waals surface area contributed by atoms with Crippen molar-refractivity contribution in [1.29, 1.82) is 5.16 Å². The van der Waals surface area contributed by atoms with Crippen LogP contribution in [0.4, 0.5) is 0 Å². The molecule has 1 N–H and O–H groups in total. The Hall–Kier alpha value is -2.11. The lowest BCUT2D eigenvalue weighted by atomic mass is 10.2. The molecule has 0 fully saturated rings. The third kappa shape index (κ3) is 2.46. The minimum atomic E-state index is -2.31. The third-order valence-corrected chi connectivity index (χ3v) is 7.13. The predicted octanol–water partition coefficient (Wildman–Crippen LogP) is 4.05. The van der Waals surface area contributed by atoms with E-state index in [2.05, 4.69) is 43.3 Å². The highest BCUT2D eigenvalue weighted by Crippen LogP contribution is 2.43. The standard InChI is InChI=1S/C19H18NP/c1-16-10-8-9-15-19(16)21(20,17-11-4-2-5-12-17)18-13-6-3-7-14-18/h2-15,20H,1H3. The first-order chi connectivity index (χ1) is 10.2. The van der Waals surface area contributed by atoms with E-state index in [4.69, 9.17) is 0 Å². The Morgan fingerprint density at radius 2 is 1.05 bits per heavy atom. The molecule has 21 heavy (non-hydrogen) atoms. The van der Waals surface area contributed by atoms with E-state index >= 15 is 0 Å². The Morgan fingerprint density at radius 3 is 1.52 bits per heavy atom. The van der Waals surface area contributed by atoms with Crippen molar-refractivity contribution in [2.45, 2.75) is 6.92 Å². The minimum absolute atomic E-state index is 1.10. The zero-order valence-electron chi connectivity index (χ0n) is 12.0. The molecule has 0 aliphatic carbocycles. The number of nitrogens with one attached hydrogen (secondary N) is 1. The van der Waals surface area contributed by atoms with Gasteiger partial charge in [0.05, 0.1) is 7.05 Å². The summed E-state index contributed by atoms with van der Waals surface area (Å²) in [5.41, 5.74) is 1.19. The molecule has 0 amide bonds. The monoisotopic (exact) mass is 291 g/mol. The van der Waals surface area contributed by atoms with Crippen LogP contribution in [0.3, 0.4) is 0 Å². The van der Waals surface area contributed by atoms with Gasteiger partial charge < -0.3 is 5.16 Å². The summed E-state index contributed by atoms with van der Waals surface area (Å²) in [4.78, 5) is 0. The zero-order chi connectivity index (χ0) is 14.7. The molecule has 0 saturated carbocycles. The molecule has 0 radical (unpaired) electrons. The Kier molecular flexibility index (Phi) is 3.77. The van der Waals surface area contributed by atoms with Crippen molar-refractivity contribution in [3.8, 4) is 0 Å². The van der Waals surface area contributed by atoms with Crippen LogP contribution in [0.2, 0.25) is 0 Å². The van der Waals surface area contributed by atoms with Crippen molar-refractivity contribution in [3.05, 3.63) is 90.5 Å². The average molecular weight is 291 g/mol. The van der Waals surface area contributed by atoms with Gasteiger partial charge >= 0.3 is 0 Å². The molecule has 0 aliphatic heterocycles. The normalized spacial score (nSPS) is 11.3. The summed E-state index contributed by atoms with van der Waals surface area (Å²) in [5, 5.41) is 12.7. The lowest BCUT2D eigenvalue weighted by Gasteiger charge is -2.25. The van der Waals surface area contributed by atoms with Crippen molar-refractivity contribution >= 4 is 23.0 Å². The number of rotatable bonds is 3. The third-order valence-electron chi connectivity index (χ3n) is 3.76. The highest BCUT2D eigenvalue weighted by molar-refractivity contribution is 7.86. The smallest absolute Gasteiger partial charge is 0.0514 e. The van der Waals surface area contributed by atoms with E-state index in [1.807, 2.05) is 48.5 Å². The van der Waals surface area contributed by atoms with E-state index in [-0.39, 0.29) is 0 Å². The van der Waals surface area contributed by atoms with Crippen molar-refractivity contribution in [1.82, 2.24) is 0 Å². The number of aryl methyl sites for hydroxylation is 1. The highest BCUT2D eigenvalue weighted by atomic mass is 31.2. The van der Waals surface area contributed by atoms with Crippen LogP contribution in [0.15, 0.2) is 84.9 Å². The first-order valence-corrected chi connectivity index (χ1v) is 8.83. The minimum Gasteiger partial charge on any atom is -0.305 e. The predicted molar refractivity (Wildman–Crippen MR) is 92.6 cm³/mol.